The molecule has 0 aliphatic rings. The molecule has 0 amide bonds. The third-order valence-electron chi connectivity index (χ3n) is 2.69. The maximum atomic E-state index is 11.0. The number of hydrogen-bond donors (Lipinski definition) is 0. The van der Waals surface area contributed by atoms with Gasteiger partial charge >= 0.3 is 0 Å². The van der Waals surface area contributed by atoms with Gasteiger partial charge in [0.15, 0.2) is 0 Å². The summed E-state index contributed by atoms with van der Waals surface area (Å²) in [6.45, 7) is 1.62. The van der Waals surface area contributed by atoms with E-state index in [9.17, 15) is 4.79 Å². The summed E-state index contributed by atoms with van der Waals surface area (Å²) in [5, 5.41) is 0. The Bertz CT molecular complexity index is 505. The molecule has 0 fully saturated rings. The summed E-state index contributed by atoms with van der Waals surface area (Å²) in [7, 11) is 0. The van der Waals surface area contributed by atoms with Gasteiger partial charge in [0.05, 0.1) is 0 Å². The first kappa shape index (κ1) is 11.5. The van der Waals surface area contributed by atoms with Gasteiger partial charge in [0.1, 0.15) is 5.78 Å². The van der Waals surface area contributed by atoms with Gasteiger partial charge in [-0.2, -0.15) is 0 Å². The Labute approximate surface area is 101 Å². The van der Waals surface area contributed by atoms with Gasteiger partial charge in [-0.25, -0.2) is 0 Å². The second-order valence-corrected chi connectivity index (χ2v) is 4.07. The summed E-state index contributed by atoms with van der Waals surface area (Å²) in [6.07, 6.45) is 3.04. The lowest BCUT2D eigenvalue weighted by molar-refractivity contribution is -0.116. The van der Waals surface area contributed by atoms with E-state index in [2.05, 4.69) is 23.2 Å². The van der Waals surface area contributed by atoms with E-state index in [1.165, 1.54) is 0 Å². The molecule has 2 nitrogen and oxygen atoms in total. The normalized spacial score (nSPS) is 10.2. The van der Waals surface area contributed by atoms with Crippen molar-refractivity contribution in [1.29, 1.82) is 0 Å². The number of aryl methyl sites for hydroxylation is 1. The molecule has 2 heteroatoms. The zero-order valence-corrected chi connectivity index (χ0v) is 9.89. The topological polar surface area (TPSA) is 30.0 Å². The molecule has 0 unspecified atom stereocenters. The van der Waals surface area contributed by atoms with E-state index in [1.807, 2.05) is 24.3 Å². The number of carbonyl (C=O) groups excluding carboxylic acids is 1. The van der Waals surface area contributed by atoms with Crippen molar-refractivity contribution in [1.82, 2.24) is 4.98 Å². The summed E-state index contributed by atoms with van der Waals surface area (Å²) in [5.74, 6) is 0.203. The zero-order valence-electron chi connectivity index (χ0n) is 9.89. The van der Waals surface area contributed by atoms with Gasteiger partial charge in [0.2, 0.25) is 0 Å². The second kappa shape index (κ2) is 5.39. The number of benzene rings is 1. The minimum atomic E-state index is 0.203. The van der Waals surface area contributed by atoms with Crippen LogP contribution in [-0.2, 0) is 11.2 Å². The molecule has 1 aromatic heterocycles. The first-order chi connectivity index (χ1) is 8.27. The number of hydrogen-bond acceptors (Lipinski definition) is 2. The Morgan fingerprint density at radius 1 is 1.12 bits per heavy atom. The van der Waals surface area contributed by atoms with Crippen LogP contribution in [0.15, 0.2) is 48.7 Å². The number of aromatic nitrogens is 1. The molecule has 0 atom stereocenters. The lowest BCUT2D eigenvalue weighted by Gasteiger charge is -2.07. The van der Waals surface area contributed by atoms with E-state index in [0.717, 1.165) is 16.8 Å². The van der Waals surface area contributed by atoms with Crippen LogP contribution in [0.5, 0.6) is 0 Å². The number of carbonyl (C=O) groups is 1. The highest BCUT2D eigenvalue weighted by Gasteiger charge is 2.06. The highest BCUT2D eigenvalue weighted by Crippen LogP contribution is 2.22. The quantitative estimate of drug-likeness (QED) is 0.799. The van der Waals surface area contributed by atoms with Gasteiger partial charge in [-0.1, -0.05) is 36.4 Å². The SMILES string of the molecule is CC(=O)CCc1ncccc1-c1ccccc1. The fourth-order valence-corrected chi connectivity index (χ4v) is 1.81. The second-order valence-electron chi connectivity index (χ2n) is 4.07. The molecule has 0 radical (unpaired) electrons. The smallest absolute Gasteiger partial charge is 0.130 e. The maximum absolute atomic E-state index is 11.0. The maximum Gasteiger partial charge on any atom is 0.130 e. The molecule has 0 saturated heterocycles. The Balaban J connectivity index is 2.31. The van der Waals surface area contributed by atoms with E-state index in [1.54, 1.807) is 13.1 Å². The number of nitrogens with zero attached hydrogens (tertiary/aromatic N) is 1. The fourth-order valence-electron chi connectivity index (χ4n) is 1.81. The zero-order chi connectivity index (χ0) is 12.1. The summed E-state index contributed by atoms with van der Waals surface area (Å²) in [5.41, 5.74) is 3.27. The van der Waals surface area contributed by atoms with Gasteiger partial charge in [0.25, 0.3) is 0 Å². The van der Waals surface area contributed by atoms with Crippen LogP contribution in [0.4, 0.5) is 0 Å². The van der Waals surface area contributed by atoms with E-state index in [-0.39, 0.29) is 5.78 Å². The molecule has 0 spiro atoms. The highest BCUT2D eigenvalue weighted by molar-refractivity contribution is 5.76. The lowest BCUT2D eigenvalue weighted by Crippen LogP contribution is -1.98. The summed E-state index contributed by atoms with van der Waals surface area (Å²) >= 11 is 0. The molecule has 17 heavy (non-hydrogen) atoms. The average Bonchev–Trinajstić information content (AvgIpc) is 2.38. The number of rotatable bonds is 4. The fraction of sp³-hybridized carbons (Fsp3) is 0.200. The Morgan fingerprint density at radius 2 is 1.88 bits per heavy atom. The third-order valence-corrected chi connectivity index (χ3v) is 2.69. The van der Waals surface area contributed by atoms with Crippen LogP contribution in [0.1, 0.15) is 19.0 Å². The Kier molecular flexibility index (Phi) is 3.66. The molecule has 2 rings (SSSR count). The molecule has 0 saturated carbocycles. The van der Waals surface area contributed by atoms with Crippen molar-refractivity contribution >= 4 is 5.78 Å². The van der Waals surface area contributed by atoms with Gasteiger partial charge in [-0.3, -0.25) is 4.98 Å². The predicted molar refractivity (Wildman–Crippen MR) is 68.7 cm³/mol. The van der Waals surface area contributed by atoms with Crippen LogP contribution in [0.2, 0.25) is 0 Å². The van der Waals surface area contributed by atoms with Crippen LogP contribution in [0.3, 0.4) is 0 Å². The molecule has 86 valence electrons. The van der Waals surface area contributed by atoms with Gasteiger partial charge < -0.3 is 4.79 Å². The first-order valence-corrected chi connectivity index (χ1v) is 5.76. The van der Waals surface area contributed by atoms with Crippen LogP contribution in [0.25, 0.3) is 11.1 Å². The molecule has 0 aliphatic heterocycles. The molecule has 0 N–H and O–H groups in total. The van der Waals surface area contributed by atoms with Crippen molar-refractivity contribution in [3.8, 4) is 11.1 Å². The average molecular weight is 225 g/mol. The van der Waals surface area contributed by atoms with E-state index in [4.69, 9.17) is 0 Å². The molecule has 0 bridgehead atoms. The summed E-state index contributed by atoms with van der Waals surface area (Å²) in [4.78, 5) is 15.4. The van der Waals surface area contributed by atoms with Gasteiger partial charge in [0, 0.05) is 23.9 Å². The summed E-state index contributed by atoms with van der Waals surface area (Å²) in [6, 6.07) is 14.1. The molecule has 1 aromatic carbocycles. The monoisotopic (exact) mass is 225 g/mol. The van der Waals surface area contributed by atoms with Crippen molar-refractivity contribution in [2.45, 2.75) is 19.8 Å². The van der Waals surface area contributed by atoms with Crippen LogP contribution in [0, 0.1) is 0 Å². The van der Waals surface area contributed by atoms with Crippen molar-refractivity contribution in [3.05, 3.63) is 54.4 Å². The molecule has 1 heterocycles. The van der Waals surface area contributed by atoms with Crippen LogP contribution in [-0.4, -0.2) is 10.8 Å². The van der Waals surface area contributed by atoms with Crippen LogP contribution < -0.4 is 0 Å². The molecule has 0 aliphatic carbocycles. The Hall–Kier alpha value is -1.96. The summed E-state index contributed by atoms with van der Waals surface area (Å²) < 4.78 is 0. The lowest BCUT2D eigenvalue weighted by atomic mass is 10.0. The van der Waals surface area contributed by atoms with Crippen molar-refractivity contribution in [3.63, 3.8) is 0 Å². The molecular formula is C15H15NO. The van der Waals surface area contributed by atoms with Gasteiger partial charge in [-0.05, 0) is 25.0 Å². The predicted octanol–water partition coefficient (Wildman–Crippen LogP) is 3.27. The molecule has 2 aromatic rings. The highest BCUT2D eigenvalue weighted by atomic mass is 16.1. The molecular weight excluding hydrogens is 210 g/mol. The standard InChI is InChI=1S/C15H15NO/c1-12(17)9-10-15-14(8-5-11-16-15)13-6-3-2-4-7-13/h2-8,11H,9-10H2,1H3. The van der Waals surface area contributed by atoms with E-state index >= 15 is 0 Å². The number of Topliss-reactive ketones (excluding diaryl/α,β-unsaturated/α-hetero) is 1. The third kappa shape index (κ3) is 3.00. The first-order valence-electron chi connectivity index (χ1n) is 5.76. The van der Waals surface area contributed by atoms with E-state index < -0.39 is 0 Å². The number of pyridine rings is 1. The van der Waals surface area contributed by atoms with Gasteiger partial charge in [-0.15, -0.1) is 0 Å². The number of ketones is 1. The minimum Gasteiger partial charge on any atom is -0.300 e. The van der Waals surface area contributed by atoms with E-state index in [0.29, 0.717) is 12.8 Å². The Morgan fingerprint density at radius 3 is 2.59 bits per heavy atom. The van der Waals surface area contributed by atoms with Crippen molar-refractivity contribution in [2.75, 3.05) is 0 Å². The minimum absolute atomic E-state index is 0.203. The van der Waals surface area contributed by atoms with Crippen molar-refractivity contribution < 1.29 is 4.79 Å². The van der Waals surface area contributed by atoms with Crippen LogP contribution >= 0.6 is 0 Å². The largest absolute Gasteiger partial charge is 0.300 e. The van der Waals surface area contributed by atoms with Crippen molar-refractivity contribution in [2.24, 2.45) is 0 Å².